The second-order valence-corrected chi connectivity index (χ2v) is 5.69. The van der Waals surface area contributed by atoms with E-state index in [0.29, 0.717) is 23.5 Å². The van der Waals surface area contributed by atoms with Gasteiger partial charge in [-0.25, -0.2) is 4.79 Å². The molecule has 0 saturated carbocycles. The molecule has 0 aliphatic heterocycles. The van der Waals surface area contributed by atoms with Gasteiger partial charge in [0.15, 0.2) is 0 Å². The van der Waals surface area contributed by atoms with Crippen molar-refractivity contribution in [3.63, 3.8) is 0 Å². The second-order valence-electron chi connectivity index (χ2n) is 5.69. The molecule has 0 radical (unpaired) electrons. The minimum absolute atomic E-state index is 0.0788. The van der Waals surface area contributed by atoms with Crippen LogP contribution in [0, 0.1) is 0 Å². The normalized spacial score (nSPS) is 11.3. The zero-order valence-corrected chi connectivity index (χ0v) is 15.2. The molecule has 0 aromatic heterocycles. The van der Waals surface area contributed by atoms with Gasteiger partial charge in [-0.3, -0.25) is 4.79 Å². The number of methoxy groups -OCH3 is 3. The van der Waals surface area contributed by atoms with Gasteiger partial charge in [-0.05, 0) is 11.6 Å². The molecule has 0 heterocycles. The first kappa shape index (κ1) is 19.3. The van der Waals surface area contributed by atoms with Crippen molar-refractivity contribution < 1.29 is 23.8 Å². The highest BCUT2D eigenvalue weighted by molar-refractivity contribution is 5.86. The minimum atomic E-state index is -0.751. The van der Waals surface area contributed by atoms with Crippen LogP contribution in [0.15, 0.2) is 48.5 Å². The Bertz CT molecular complexity index is 745. The van der Waals surface area contributed by atoms with E-state index in [1.54, 1.807) is 25.3 Å². The molecule has 6 heteroatoms. The lowest BCUT2D eigenvalue weighted by Gasteiger charge is -2.17. The van der Waals surface area contributed by atoms with Gasteiger partial charge in [0, 0.05) is 18.1 Å². The standard InChI is InChI=1S/C20H23NO5/c1-24-16-10-9-15(18(13-16)25-2)12-19(22)21-17(20(23)26-3)11-14-7-5-4-6-8-14/h4-10,13,17H,11-12H2,1-3H3,(H,21,22)/t17-/m0/s1. The van der Waals surface area contributed by atoms with Crippen LogP contribution in [0.4, 0.5) is 0 Å². The van der Waals surface area contributed by atoms with Crippen molar-refractivity contribution in [2.24, 2.45) is 0 Å². The van der Waals surface area contributed by atoms with E-state index in [9.17, 15) is 9.59 Å². The highest BCUT2D eigenvalue weighted by Gasteiger charge is 2.22. The van der Waals surface area contributed by atoms with Gasteiger partial charge in [0.2, 0.25) is 5.91 Å². The molecule has 0 aliphatic carbocycles. The fraction of sp³-hybridized carbons (Fsp3) is 0.300. The Morgan fingerprint density at radius 2 is 1.73 bits per heavy atom. The quantitative estimate of drug-likeness (QED) is 0.733. The summed E-state index contributed by atoms with van der Waals surface area (Å²) >= 11 is 0. The van der Waals surface area contributed by atoms with Crippen LogP contribution in [0.5, 0.6) is 11.5 Å². The molecule has 138 valence electrons. The number of carbonyl (C=O) groups excluding carboxylic acids is 2. The highest BCUT2D eigenvalue weighted by atomic mass is 16.5. The summed E-state index contributed by atoms with van der Waals surface area (Å²) in [6.45, 7) is 0. The van der Waals surface area contributed by atoms with Crippen molar-refractivity contribution in [3.05, 3.63) is 59.7 Å². The van der Waals surface area contributed by atoms with Crippen LogP contribution in [0.25, 0.3) is 0 Å². The molecule has 0 spiro atoms. The Labute approximate surface area is 153 Å². The van der Waals surface area contributed by atoms with Crippen molar-refractivity contribution in [2.45, 2.75) is 18.9 Å². The zero-order valence-electron chi connectivity index (χ0n) is 15.2. The summed E-state index contributed by atoms with van der Waals surface area (Å²) in [5.74, 6) is 0.420. The number of esters is 1. The molecule has 2 rings (SSSR count). The third-order valence-corrected chi connectivity index (χ3v) is 3.95. The van der Waals surface area contributed by atoms with Crippen LogP contribution in [0.1, 0.15) is 11.1 Å². The fourth-order valence-electron chi connectivity index (χ4n) is 2.60. The number of rotatable bonds is 8. The number of carbonyl (C=O) groups is 2. The Kier molecular flexibility index (Phi) is 7.02. The molecule has 0 fully saturated rings. The van der Waals surface area contributed by atoms with E-state index in [-0.39, 0.29) is 12.3 Å². The summed E-state index contributed by atoms with van der Waals surface area (Å²) in [7, 11) is 4.40. The molecule has 6 nitrogen and oxygen atoms in total. The van der Waals surface area contributed by atoms with Gasteiger partial charge in [0.1, 0.15) is 17.5 Å². The summed E-state index contributed by atoms with van der Waals surface area (Å²) in [6.07, 6.45) is 0.439. The van der Waals surface area contributed by atoms with Gasteiger partial charge in [-0.1, -0.05) is 36.4 Å². The van der Waals surface area contributed by atoms with Crippen LogP contribution in [0.3, 0.4) is 0 Å². The van der Waals surface area contributed by atoms with Crippen molar-refractivity contribution >= 4 is 11.9 Å². The summed E-state index contributed by atoms with van der Waals surface area (Å²) in [5, 5.41) is 2.74. The van der Waals surface area contributed by atoms with Crippen LogP contribution >= 0.6 is 0 Å². The van der Waals surface area contributed by atoms with Gasteiger partial charge < -0.3 is 19.5 Å². The Balaban J connectivity index is 2.08. The second kappa shape index (κ2) is 9.46. The molecule has 0 bridgehead atoms. The molecule has 0 saturated heterocycles. The van der Waals surface area contributed by atoms with Gasteiger partial charge in [-0.15, -0.1) is 0 Å². The number of ether oxygens (including phenoxy) is 3. The molecule has 0 unspecified atom stereocenters. The molecule has 1 N–H and O–H groups in total. The molecule has 0 aliphatic rings. The lowest BCUT2D eigenvalue weighted by molar-refractivity contribution is -0.145. The molecule has 2 aromatic rings. The highest BCUT2D eigenvalue weighted by Crippen LogP contribution is 2.25. The largest absolute Gasteiger partial charge is 0.497 e. The first-order chi connectivity index (χ1) is 12.6. The zero-order chi connectivity index (χ0) is 18.9. The maximum atomic E-state index is 12.5. The van der Waals surface area contributed by atoms with E-state index in [2.05, 4.69) is 5.32 Å². The monoisotopic (exact) mass is 357 g/mol. The SMILES string of the molecule is COC(=O)[C@H](Cc1ccccc1)NC(=O)Cc1ccc(OC)cc1OC. The average molecular weight is 357 g/mol. The Morgan fingerprint density at radius 1 is 1.00 bits per heavy atom. The number of amides is 1. The maximum absolute atomic E-state index is 12.5. The number of hydrogen-bond donors (Lipinski definition) is 1. The number of hydrogen-bond acceptors (Lipinski definition) is 5. The average Bonchev–Trinajstić information content (AvgIpc) is 2.67. The third-order valence-electron chi connectivity index (χ3n) is 3.95. The summed E-state index contributed by atoms with van der Waals surface area (Å²) in [6, 6.07) is 13.9. The van der Waals surface area contributed by atoms with Crippen molar-refractivity contribution in [1.29, 1.82) is 0 Å². The molecular formula is C20H23NO5. The van der Waals surface area contributed by atoms with Crippen molar-refractivity contribution in [3.8, 4) is 11.5 Å². The van der Waals surface area contributed by atoms with E-state index in [0.717, 1.165) is 5.56 Å². The Hall–Kier alpha value is -3.02. The number of benzene rings is 2. The summed E-state index contributed by atoms with van der Waals surface area (Å²) < 4.78 is 15.3. The van der Waals surface area contributed by atoms with Gasteiger partial charge in [-0.2, -0.15) is 0 Å². The first-order valence-corrected chi connectivity index (χ1v) is 8.19. The van der Waals surface area contributed by atoms with Gasteiger partial charge in [0.05, 0.1) is 27.8 Å². The van der Waals surface area contributed by atoms with Gasteiger partial charge >= 0.3 is 5.97 Å². The van der Waals surface area contributed by atoms with Crippen LogP contribution < -0.4 is 14.8 Å². The molecule has 1 atom stereocenters. The molecule has 1 amide bonds. The fourth-order valence-corrected chi connectivity index (χ4v) is 2.60. The van der Waals surface area contributed by atoms with E-state index in [1.807, 2.05) is 30.3 Å². The topological polar surface area (TPSA) is 73.9 Å². The van der Waals surface area contributed by atoms with E-state index in [4.69, 9.17) is 14.2 Å². The van der Waals surface area contributed by atoms with Crippen LogP contribution in [0.2, 0.25) is 0 Å². The van der Waals surface area contributed by atoms with Crippen molar-refractivity contribution in [2.75, 3.05) is 21.3 Å². The van der Waals surface area contributed by atoms with Crippen LogP contribution in [-0.4, -0.2) is 39.2 Å². The molecule has 26 heavy (non-hydrogen) atoms. The van der Waals surface area contributed by atoms with Crippen molar-refractivity contribution in [1.82, 2.24) is 5.32 Å². The van der Waals surface area contributed by atoms with Gasteiger partial charge in [0.25, 0.3) is 0 Å². The van der Waals surface area contributed by atoms with E-state index >= 15 is 0 Å². The Morgan fingerprint density at radius 3 is 2.35 bits per heavy atom. The smallest absolute Gasteiger partial charge is 0.328 e. The first-order valence-electron chi connectivity index (χ1n) is 8.19. The molecule has 2 aromatic carbocycles. The lowest BCUT2D eigenvalue weighted by Crippen LogP contribution is -2.43. The molecular weight excluding hydrogens is 334 g/mol. The minimum Gasteiger partial charge on any atom is -0.497 e. The van der Waals surface area contributed by atoms with Crippen LogP contribution in [-0.2, 0) is 27.2 Å². The maximum Gasteiger partial charge on any atom is 0.328 e. The van der Waals surface area contributed by atoms with E-state index in [1.165, 1.54) is 14.2 Å². The lowest BCUT2D eigenvalue weighted by atomic mass is 10.0. The summed E-state index contributed by atoms with van der Waals surface area (Å²) in [5.41, 5.74) is 1.64. The van der Waals surface area contributed by atoms with E-state index < -0.39 is 12.0 Å². The third kappa shape index (κ3) is 5.24. The summed E-state index contributed by atoms with van der Waals surface area (Å²) in [4.78, 5) is 24.5. The predicted molar refractivity (Wildman–Crippen MR) is 97.3 cm³/mol. The number of nitrogens with one attached hydrogen (secondary N) is 1. The predicted octanol–water partition coefficient (Wildman–Crippen LogP) is 2.15.